The van der Waals surface area contributed by atoms with Gasteiger partial charge in [0.1, 0.15) is 30.6 Å². The van der Waals surface area contributed by atoms with E-state index in [9.17, 15) is 19.8 Å². The highest BCUT2D eigenvalue weighted by molar-refractivity contribution is 5.77. The monoisotopic (exact) mass is 239 g/mol. The van der Waals surface area contributed by atoms with E-state index in [1.165, 1.54) is 0 Å². The van der Waals surface area contributed by atoms with Gasteiger partial charge in [-0.05, 0) is 0 Å². The molecule has 0 aliphatic carbocycles. The van der Waals surface area contributed by atoms with Gasteiger partial charge in [0, 0.05) is 6.92 Å². The smallest absolute Gasteiger partial charge is 0.217 e. The van der Waals surface area contributed by atoms with Crippen LogP contribution in [0.25, 0.3) is 0 Å². The van der Waals surface area contributed by atoms with Gasteiger partial charge in [0.05, 0.1) is 6.61 Å². The van der Waals surface area contributed by atoms with Crippen LogP contribution in [-0.2, 0) is 9.59 Å². The Labute approximate surface area is 91.8 Å². The lowest BCUT2D eigenvalue weighted by molar-refractivity contribution is -0.129. The second-order valence-electron chi connectivity index (χ2n) is 3.09. The number of hydrogen-bond donors (Lipinski definition) is 5. The Morgan fingerprint density at radius 2 is 1.81 bits per heavy atom. The second kappa shape index (κ2) is 8.13. The van der Waals surface area contributed by atoms with E-state index in [1.807, 2.05) is 0 Å². The molecule has 16 heavy (non-hydrogen) atoms. The molecule has 0 bridgehead atoms. The topological polar surface area (TPSA) is 159 Å². The molecular weight excluding hydrogens is 222 g/mol. The number of aliphatic hydroxyl groups is 4. The van der Waals surface area contributed by atoms with Crippen molar-refractivity contribution < 1.29 is 35.5 Å². The van der Waals surface area contributed by atoms with Gasteiger partial charge < -0.3 is 36.0 Å². The van der Waals surface area contributed by atoms with E-state index in [2.05, 4.69) is 5.32 Å². The second-order valence-corrected chi connectivity index (χ2v) is 3.09. The molecule has 8 nitrogen and oxygen atoms in total. The third-order valence-electron chi connectivity index (χ3n) is 1.82. The summed E-state index contributed by atoms with van der Waals surface area (Å²) >= 11 is 0. The van der Waals surface area contributed by atoms with Crippen LogP contribution in [0.4, 0.5) is 0 Å². The fourth-order valence-electron chi connectivity index (χ4n) is 0.983. The summed E-state index contributed by atoms with van der Waals surface area (Å²) in [6.45, 7) is 0.377. The van der Waals surface area contributed by atoms with Crippen molar-refractivity contribution in [3.05, 3.63) is 0 Å². The van der Waals surface area contributed by atoms with Crippen molar-refractivity contribution in [1.82, 2.24) is 5.32 Å². The van der Waals surface area contributed by atoms with E-state index < -0.39 is 36.9 Å². The molecule has 0 radical (unpaired) electrons. The Morgan fingerprint density at radius 3 is 2.12 bits per heavy atom. The molecule has 96 valence electrons. The van der Waals surface area contributed by atoms with Crippen LogP contribution >= 0.6 is 0 Å². The van der Waals surface area contributed by atoms with Crippen molar-refractivity contribution in [3.63, 3.8) is 0 Å². The maximum absolute atomic E-state index is 10.6. The van der Waals surface area contributed by atoms with Gasteiger partial charge in [-0.3, -0.25) is 4.79 Å². The molecule has 0 aromatic heterocycles. The zero-order valence-corrected chi connectivity index (χ0v) is 8.70. The number of aliphatic hydroxyl groups excluding tert-OH is 4. The molecule has 0 saturated carbocycles. The van der Waals surface area contributed by atoms with E-state index in [0.29, 0.717) is 0 Å². The molecule has 0 heterocycles. The number of nitrogens with one attached hydrogen (secondary N) is 1. The minimum absolute atomic E-state index is 0. The van der Waals surface area contributed by atoms with Gasteiger partial charge in [0.25, 0.3) is 0 Å². The molecule has 4 atom stereocenters. The molecule has 8 heteroatoms. The molecule has 0 aromatic carbocycles. The highest BCUT2D eigenvalue weighted by atomic mass is 16.4. The minimum atomic E-state index is -1.71. The summed E-state index contributed by atoms with van der Waals surface area (Å²) in [7, 11) is 0. The third-order valence-corrected chi connectivity index (χ3v) is 1.82. The van der Waals surface area contributed by atoms with Gasteiger partial charge >= 0.3 is 0 Å². The number of hydrogen-bond acceptors (Lipinski definition) is 6. The number of carbonyl (C=O) groups is 2. The summed E-state index contributed by atoms with van der Waals surface area (Å²) in [5, 5.41) is 38.2. The van der Waals surface area contributed by atoms with Gasteiger partial charge in [-0.1, -0.05) is 0 Å². The molecule has 0 spiro atoms. The highest BCUT2D eigenvalue weighted by Gasteiger charge is 2.31. The standard InChI is InChI=1S/C8H15NO6.H2O/c1-4(12)9-5(2-10)7(14)8(15)6(13)3-11;/h2,5-8,11,13-15H,3H2,1H3,(H,9,12);1H2/t5-,6-,7-,8-;/m1./s1. The molecule has 0 unspecified atom stereocenters. The van der Waals surface area contributed by atoms with E-state index in [-0.39, 0.29) is 11.8 Å². The zero-order chi connectivity index (χ0) is 12.0. The van der Waals surface area contributed by atoms with Crippen LogP contribution in [0.15, 0.2) is 0 Å². The molecular formula is C8H17NO7. The average Bonchev–Trinajstić information content (AvgIpc) is 2.22. The first kappa shape index (κ1) is 17.3. The van der Waals surface area contributed by atoms with Crippen LogP contribution in [-0.4, -0.2) is 69.1 Å². The van der Waals surface area contributed by atoms with Crippen molar-refractivity contribution in [2.45, 2.75) is 31.3 Å². The summed E-state index contributed by atoms with van der Waals surface area (Å²) in [6, 6.07) is -1.32. The fourth-order valence-corrected chi connectivity index (χ4v) is 0.983. The van der Waals surface area contributed by atoms with Gasteiger partial charge in [-0.25, -0.2) is 0 Å². The van der Waals surface area contributed by atoms with Gasteiger partial charge in [0.15, 0.2) is 0 Å². The first-order valence-electron chi connectivity index (χ1n) is 4.31. The van der Waals surface area contributed by atoms with Crippen LogP contribution in [0.5, 0.6) is 0 Å². The van der Waals surface area contributed by atoms with E-state index in [4.69, 9.17) is 10.2 Å². The minimum Gasteiger partial charge on any atom is -0.412 e. The average molecular weight is 239 g/mol. The first-order chi connectivity index (χ1) is 6.93. The Hall–Kier alpha value is -1.06. The summed E-state index contributed by atoms with van der Waals surface area (Å²) < 4.78 is 0. The van der Waals surface area contributed by atoms with Gasteiger partial charge in [-0.15, -0.1) is 0 Å². The molecule has 0 aromatic rings. The van der Waals surface area contributed by atoms with Crippen LogP contribution < -0.4 is 5.32 Å². The molecule has 0 fully saturated rings. The lowest BCUT2D eigenvalue weighted by atomic mass is 10.0. The van der Waals surface area contributed by atoms with E-state index in [1.54, 1.807) is 0 Å². The lowest BCUT2D eigenvalue weighted by Crippen LogP contribution is -2.53. The Bertz CT molecular complexity index is 222. The maximum atomic E-state index is 10.6. The predicted octanol–water partition coefficient (Wildman–Crippen LogP) is -4.06. The van der Waals surface area contributed by atoms with Crippen molar-refractivity contribution >= 4 is 12.2 Å². The van der Waals surface area contributed by atoms with Crippen LogP contribution in [0.2, 0.25) is 0 Å². The predicted molar refractivity (Wildman–Crippen MR) is 52.4 cm³/mol. The third kappa shape index (κ3) is 5.14. The lowest BCUT2D eigenvalue weighted by Gasteiger charge is -2.25. The van der Waals surface area contributed by atoms with Crippen LogP contribution in [0.1, 0.15) is 6.92 Å². The number of carbonyl (C=O) groups excluding carboxylic acids is 2. The molecule has 0 aliphatic heterocycles. The van der Waals surface area contributed by atoms with E-state index >= 15 is 0 Å². The number of aldehydes is 1. The number of amides is 1. The molecule has 0 saturated heterocycles. The van der Waals surface area contributed by atoms with Crippen molar-refractivity contribution in [2.24, 2.45) is 0 Å². The van der Waals surface area contributed by atoms with E-state index in [0.717, 1.165) is 6.92 Å². The summed E-state index contributed by atoms with van der Waals surface area (Å²) in [4.78, 5) is 21.1. The van der Waals surface area contributed by atoms with Gasteiger partial charge in [0.2, 0.25) is 5.91 Å². The summed E-state index contributed by atoms with van der Waals surface area (Å²) in [6.07, 6.45) is -4.72. The molecule has 0 aliphatic rings. The summed E-state index contributed by atoms with van der Waals surface area (Å²) in [5.74, 6) is -0.558. The van der Waals surface area contributed by atoms with Crippen molar-refractivity contribution in [2.75, 3.05) is 6.61 Å². The highest BCUT2D eigenvalue weighted by Crippen LogP contribution is 2.03. The molecule has 0 rings (SSSR count). The normalized spacial score (nSPS) is 17.6. The summed E-state index contributed by atoms with van der Waals surface area (Å²) in [5.41, 5.74) is 0. The van der Waals surface area contributed by atoms with Gasteiger partial charge in [-0.2, -0.15) is 0 Å². The van der Waals surface area contributed by atoms with Crippen molar-refractivity contribution in [3.8, 4) is 0 Å². The zero-order valence-electron chi connectivity index (χ0n) is 8.70. The fraction of sp³-hybridized carbons (Fsp3) is 0.750. The Morgan fingerprint density at radius 1 is 1.31 bits per heavy atom. The molecule has 1 amide bonds. The molecule has 7 N–H and O–H groups in total. The largest absolute Gasteiger partial charge is 0.412 e. The van der Waals surface area contributed by atoms with Crippen LogP contribution in [0, 0.1) is 0 Å². The van der Waals surface area contributed by atoms with Crippen LogP contribution in [0.3, 0.4) is 0 Å². The SMILES string of the molecule is CC(=O)N[C@H](C=O)[C@@H](O)[C@H](O)[C@H](O)CO.O. The quantitative estimate of drug-likeness (QED) is 0.296. The number of rotatable bonds is 6. The maximum Gasteiger partial charge on any atom is 0.217 e. The Balaban J connectivity index is 0. The van der Waals surface area contributed by atoms with Crippen molar-refractivity contribution in [1.29, 1.82) is 0 Å². The first-order valence-corrected chi connectivity index (χ1v) is 4.31. The Kier molecular flexibility index (Phi) is 8.81.